The van der Waals surface area contributed by atoms with Gasteiger partial charge in [0.2, 0.25) is 11.5 Å². The molecule has 0 radical (unpaired) electrons. The molecule has 2 fully saturated rings. The van der Waals surface area contributed by atoms with Gasteiger partial charge in [-0.1, -0.05) is 12.8 Å². The van der Waals surface area contributed by atoms with Crippen molar-refractivity contribution in [2.75, 3.05) is 20.3 Å². The van der Waals surface area contributed by atoms with Crippen LogP contribution in [0.1, 0.15) is 67.1 Å². The Labute approximate surface area is 287 Å². The van der Waals surface area contributed by atoms with Gasteiger partial charge in [0, 0.05) is 16.7 Å². The van der Waals surface area contributed by atoms with Crippen molar-refractivity contribution >= 4 is 11.8 Å². The second-order valence-corrected chi connectivity index (χ2v) is 13.3. The molecular weight excluding hydrogens is 691 g/mol. The lowest BCUT2D eigenvalue weighted by Crippen LogP contribution is -2.60. The number of hydrogen-bond acceptors (Lipinski definition) is 7. The average Bonchev–Trinajstić information content (AvgIpc) is 3.64. The fourth-order valence-corrected chi connectivity index (χ4v) is 6.32. The van der Waals surface area contributed by atoms with E-state index < -0.39 is 65.4 Å². The number of carbonyl (C=O) groups excluding carboxylic acids is 2. The topological polar surface area (TPSA) is 119 Å². The highest BCUT2D eigenvalue weighted by Gasteiger charge is 2.60. The second kappa shape index (κ2) is 12.9. The van der Waals surface area contributed by atoms with E-state index in [4.69, 9.17) is 14.2 Å². The monoisotopic (exact) mass is 725 g/mol. The van der Waals surface area contributed by atoms with Crippen LogP contribution in [0.5, 0.6) is 17.2 Å². The molecule has 6 rings (SSSR count). The molecule has 9 nitrogen and oxygen atoms in total. The summed E-state index contributed by atoms with van der Waals surface area (Å²) >= 11 is 0. The molecule has 51 heavy (non-hydrogen) atoms. The number of aliphatic hydroxyl groups is 1. The summed E-state index contributed by atoms with van der Waals surface area (Å²) in [5.74, 6) is -2.60. The van der Waals surface area contributed by atoms with Crippen LogP contribution in [0.2, 0.25) is 0 Å². The van der Waals surface area contributed by atoms with E-state index in [0.29, 0.717) is 5.75 Å². The Bertz CT molecular complexity index is 1820. The summed E-state index contributed by atoms with van der Waals surface area (Å²) in [4.78, 5) is 31.0. The Hall–Kier alpha value is -4.60. The summed E-state index contributed by atoms with van der Waals surface area (Å²) < 4.78 is 118. The summed E-state index contributed by atoms with van der Waals surface area (Å²) in [6.07, 6.45) is -9.02. The second-order valence-electron chi connectivity index (χ2n) is 13.3. The fourth-order valence-electron chi connectivity index (χ4n) is 6.32. The van der Waals surface area contributed by atoms with Crippen molar-refractivity contribution in [1.29, 1.82) is 0 Å². The first-order valence-corrected chi connectivity index (χ1v) is 16.2. The van der Waals surface area contributed by atoms with Crippen LogP contribution in [0.15, 0.2) is 48.5 Å². The smallest absolute Gasteiger partial charge is 0.424 e. The highest BCUT2D eigenvalue weighted by molar-refractivity contribution is 5.95. The molecule has 274 valence electrons. The normalized spacial score (nSPS) is 20.9. The largest absolute Gasteiger partial charge is 0.493 e. The Morgan fingerprint density at radius 1 is 1.00 bits per heavy atom. The maximum atomic E-state index is 14.9. The molecule has 1 unspecified atom stereocenters. The van der Waals surface area contributed by atoms with Crippen LogP contribution >= 0.6 is 0 Å². The molecule has 2 atom stereocenters. The molecule has 16 heteroatoms. The Kier molecular flexibility index (Phi) is 9.13. The first-order chi connectivity index (χ1) is 23.9. The number of fused-ring (bicyclic) bond motifs is 1. The zero-order chi connectivity index (χ0) is 37.0. The van der Waals surface area contributed by atoms with Crippen molar-refractivity contribution < 1.29 is 59.6 Å². The number of alkyl halides is 6. The third kappa shape index (κ3) is 6.65. The molecule has 2 aliphatic carbocycles. The van der Waals surface area contributed by atoms with Gasteiger partial charge >= 0.3 is 12.4 Å². The zero-order valence-electron chi connectivity index (χ0n) is 27.4. The molecule has 2 amide bonds. The van der Waals surface area contributed by atoms with Gasteiger partial charge in [0.15, 0.2) is 11.5 Å². The summed E-state index contributed by atoms with van der Waals surface area (Å²) in [6, 6.07) is 9.09. The van der Waals surface area contributed by atoms with Crippen LogP contribution in [0, 0.1) is 5.82 Å². The number of amides is 2. The van der Waals surface area contributed by atoms with E-state index in [-0.39, 0.29) is 65.7 Å². The number of ether oxygens (including phenoxy) is 3. The molecule has 2 saturated carbocycles. The summed E-state index contributed by atoms with van der Waals surface area (Å²) in [6.45, 7) is -0.831. The van der Waals surface area contributed by atoms with Gasteiger partial charge in [-0.05, 0) is 81.1 Å². The molecule has 0 bridgehead atoms. The van der Waals surface area contributed by atoms with E-state index in [9.17, 15) is 45.4 Å². The molecule has 3 N–H and O–H groups in total. The quantitative estimate of drug-likeness (QED) is 0.211. The summed E-state index contributed by atoms with van der Waals surface area (Å²) in [7, 11) is 1.33. The Balaban J connectivity index is 1.39. The number of carbonyl (C=O) groups is 2. The van der Waals surface area contributed by atoms with Crippen molar-refractivity contribution in [1.82, 2.24) is 15.6 Å². The lowest BCUT2D eigenvalue weighted by Gasteiger charge is -2.36. The van der Waals surface area contributed by atoms with Crippen LogP contribution in [-0.2, 0) is 15.8 Å². The van der Waals surface area contributed by atoms with Gasteiger partial charge in [0.25, 0.3) is 5.91 Å². The maximum Gasteiger partial charge on any atom is 0.424 e. The van der Waals surface area contributed by atoms with E-state index in [0.717, 1.165) is 31.0 Å². The minimum absolute atomic E-state index is 0.00761. The van der Waals surface area contributed by atoms with Gasteiger partial charge in [-0.3, -0.25) is 9.59 Å². The number of benzene rings is 2. The van der Waals surface area contributed by atoms with E-state index in [1.165, 1.54) is 44.4 Å². The van der Waals surface area contributed by atoms with Crippen LogP contribution in [0.25, 0.3) is 11.3 Å². The SMILES string of the molecule is COc1cc(C(=O)NCC(O)(c2cc3c(c(-c4ccc(F)cc4)n2)OC[C@]3(C)C(=O)NC2(C(F)(F)F)CCCC2)C(F)(F)F)ccc1OC1CC1. The van der Waals surface area contributed by atoms with Gasteiger partial charge in [0.05, 0.1) is 25.5 Å². The number of nitrogens with zero attached hydrogens (tertiary/aromatic N) is 1. The third-order valence-electron chi connectivity index (χ3n) is 9.69. The number of rotatable bonds is 10. The zero-order valence-corrected chi connectivity index (χ0v) is 27.4. The highest BCUT2D eigenvalue weighted by atomic mass is 19.4. The molecule has 2 heterocycles. The predicted molar refractivity (Wildman–Crippen MR) is 167 cm³/mol. The molecular formula is C35H34F7N3O6. The van der Waals surface area contributed by atoms with Crippen LogP contribution in [-0.4, -0.2) is 66.2 Å². The fraction of sp³-hybridized carbons (Fsp3) is 0.457. The summed E-state index contributed by atoms with van der Waals surface area (Å²) in [5, 5.41) is 15.6. The highest BCUT2D eigenvalue weighted by Crippen LogP contribution is 2.49. The van der Waals surface area contributed by atoms with Crippen LogP contribution in [0.3, 0.4) is 0 Å². The van der Waals surface area contributed by atoms with Gasteiger partial charge < -0.3 is 30.0 Å². The minimum atomic E-state index is -5.50. The molecule has 3 aromatic rings. The van der Waals surface area contributed by atoms with Gasteiger partial charge in [-0.2, -0.15) is 26.3 Å². The standard InChI is InChI=1S/C35H34F7N3O6/c1-31(30(47)45-32(34(37,38)39)13-3-4-14-32)18-50-28-23(31)16-26(44-27(28)19-5-8-21(36)9-6-19)33(48,35(40,41)42)17-43-29(46)20-7-12-24(25(15-20)49-2)51-22-10-11-22/h5-9,12,15-16,22,48H,3-4,10-11,13-14,17-18H2,1-2H3,(H,43,46)(H,45,47)/t31-,33?/m0/s1. The Morgan fingerprint density at radius 2 is 1.67 bits per heavy atom. The number of nitrogens with one attached hydrogen (secondary N) is 2. The number of halogens is 7. The van der Waals surface area contributed by atoms with Crippen molar-refractivity contribution in [3.63, 3.8) is 0 Å². The number of methoxy groups -OCH3 is 1. The molecule has 0 spiro atoms. The third-order valence-corrected chi connectivity index (χ3v) is 9.69. The maximum absolute atomic E-state index is 14.9. The van der Waals surface area contributed by atoms with Gasteiger partial charge in [-0.25, -0.2) is 9.37 Å². The number of pyridine rings is 1. The van der Waals surface area contributed by atoms with Crippen molar-refractivity contribution in [3.8, 4) is 28.5 Å². The molecule has 1 aromatic heterocycles. The van der Waals surface area contributed by atoms with Crippen molar-refractivity contribution in [2.45, 2.75) is 80.5 Å². The first-order valence-electron chi connectivity index (χ1n) is 16.2. The van der Waals surface area contributed by atoms with E-state index >= 15 is 0 Å². The first kappa shape index (κ1) is 36.2. The van der Waals surface area contributed by atoms with Crippen molar-refractivity contribution in [3.05, 3.63) is 71.2 Å². The molecule has 1 aliphatic heterocycles. The van der Waals surface area contributed by atoms with E-state index in [2.05, 4.69) is 15.6 Å². The lowest BCUT2D eigenvalue weighted by atomic mass is 9.80. The van der Waals surface area contributed by atoms with E-state index in [1.807, 2.05) is 0 Å². The van der Waals surface area contributed by atoms with Crippen molar-refractivity contribution in [2.24, 2.45) is 0 Å². The predicted octanol–water partition coefficient (Wildman–Crippen LogP) is 6.26. The molecule has 3 aliphatic rings. The number of aromatic nitrogens is 1. The minimum Gasteiger partial charge on any atom is -0.493 e. The van der Waals surface area contributed by atoms with Crippen LogP contribution < -0.4 is 24.8 Å². The van der Waals surface area contributed by atoms with E-state index in [1.54, 1.807) is 0 Å². The van der Waals surface area contributed by atoms with Gasteiger partial charge in [0.1, 0.15) is 34.8 Å². The summed E-state index contributed by atoms with van der Waals surface area (Å²) in [5.41, 5.74) is -10.2. The number of hydrogen-bond donors (Lipinski definition) is 3. The Morgan fingerprint density at radius 3 is 2.25 bits per heavy atom. The molecule has 0 saturated heterocycles. The average molecular weight is 726 g/mol. The molecule has 2 aromatic carbocycles. The van der Waals surface area contributed by atoms with Crippen LogP contribution in [0.4, 0.5) is 30.7 Å². The van der Waals surface area contributed by atoms with Gasteiger partial charge in [-0.15, -0.1) is 0 Å². The lowest BCUT2D eigenvalue weighted by molar-refractivity contribution is -0.265.